The van der Waals surface area contributed by atoms with Crippen molar-refractivity contribution in [1.82, 2.24) is 19.2 Å². The van der Waals surface area contributed by atoms with Gasteiger partial charge < -0.3 is 52.7 Å². The quantitative estimate of drug-likeness (QED) is 0.0726. The van der Waals surface area contributed by atoms with E-state index < -0.39 is 57.7 Å². The van der Waals surface area contributed by atoms with E-state index in [-0.39, 0.29) is 98.1 Å². The molecule has 6 aromatic carbocycles. The van der Waals surface area contributed by atoms with Crippen molar-refractivity contribution in [3.63, 3.8) is 0 Å². The van der Waals surface area contributed by atoms with Crippen LogP contribution in [-0.2, 0) is 94.0 Å². The monoisotopic (exact) mass is 1990 g/mol. The van der Waals surface area contributed by atoms with Crippen molar-refractivity contribution < 1.29 is 65.0 Å². The lowest BCUT2D eigenvalue weighted by Crippen LogP contribution is -2.53. The number of amides is 3. The van der Waals surface area contributed by atoms with Crippen LogP contribution in [0.4, 0.5) is 17.1 Å². The molecule has 7 aromatic rings. The Morgan fingerprint density at radius 3 is 1.09 bits per heavy atom. The molecule has 3 amide bonds. The number of pyridine rings is 1. The van der Waals surface area contributed by atoms with E-state index in [1.54, 1.807) is 39.5 Å². The van der Waals surface area contributed by atoms with Crippen LogP contribution in [0.25, 0.3) is 0 Å². The number of nitrogens with one attached hydrogen (secondary N) is 3. The number of nitrogens with zero attached hydrogens (tertiary/aromatic N) is 4. The summed E-state index contributed by atoms with van der Waals surface area (Å²) in [4.78, 5) is 77.1. The second-order valence-corrected chi connectivity index (χ2v) is 50.4. The number of hydrogen-bond donors (Lipinski definition) is 3. The minimum absolute atomic E-state index is 0.00434. The van der Waals surface area contributed by atoms with Crippen molar-refractivity contribution in [3.05, 3.63) is 241 Å². The summed E-state index contributed by atoms with van der Waals surface area (Å²) >= 11 is 19.3. The number of carbonyl (C=O) groups excluding carboxylic acids is 5. The highest BCUT2D eigenvalue weighted by atomic mass is 35.5. The van der Waals surface area contributed by atoms with Crippen molar-refractivity contribution in [3.8, 4) is 17.2 Å². The Balaban J connectivity index is 0.000000143. The first-order chi connectivity index (χ1) is 66.1. The summed E-state index contributed by atoms with van der Waals surface area (Å²) < 4.78 is 88.7. The molecular formula is C111H136Cl3N7O14S3. The first-order valence-electron chi connectivity index (χ1n) is 49.5. The summed E-state index contributed by atoms with van der Waals surface area (Å²) in [5.74, 6) is 14.3. The lowest BCUT2D eigenvalue weighted by atomic mass is 9.62. The number of aldehydes is 2. The molecule has 3 fully saturated rings. The highest BCUT2D eigenvalue weighted by Gasteiger charge is 2.55. The summed E-state index contributed by atoms with van der Waals surface area (Å²) in [6.07, 6.45) is 33.8. The number of rotatable bonds is 8. The number of aryl methyl sites for hydroxylation is 3. The van der Waals surface area contributed by atoms with Gasteiger partial charge >= 0.3 is 0 Å². The van der Waals surface area contributed by atoms with E-state index in [9.17, 15) is 36.6 Å². The van der Waals surface area contributed by atoms with Gasteiger partial charge in [-0.3, -0.25) is 33.5 Å². The fraction of sp³-hybridized carbons (Fsp3) is 0.505. The first-order valence-corrected chi connectivity index (χ1v) is 56.0. The van der Waals surface area contributed by atoms with E-state index in [2.05, 4.69) is 132 Å². The van der Waals surface area contributed by atoms with Gasteiger partial charge in [0, 0.05) is 149 Å². The second kappa shape index (κ2) is 40.8. The number of anilines is 3. The number of benzene rings is 6. The van der Waals surface area contributed by atoms with Crippen LogP contribution < -0.4 is 43.1 Å². The molecule has 3 saturated carbocycles. The molecule has 21 nitrogen and oxygen atoms in total. The Bertz CT molecular complexity index is 5980. The van der Waals surface area contributed by atoms with Crippen LogP contribution in [0.1, 0.15) is 221 Å². The largest absolute Gasteiger partial charge is 0.490 e. The van der Waals surface area contributed by atoms with Crippen LogP contribution in [0.2, 0.25) is 15.1 Å². The predicted molar refractivity (Wildman–Crippen MR) is 558 cm³/mol. The molecule has 6 aliphatic carbocycles. The van der Waals surface area contributed by atoms with Crippen LogP contribution in [0.3, 0.4) is 0 Å². The zero-order valence-corrected chi connectivity index (χ0v) is 86.0. The third-order valence-electron chi connectivity index (χ3n) is 34.0. The molecule has 1 aromatic heterocycles. The molecule has 12 aliphatic rings. The number of halogens is 3. The third-order valence-corrected chi connectivity index (χ3v) is 41.3. The molecular weight excluding hydrogens is 1860 g/mol. The zero-order valence-electron chi connectivity index (χ0n) is 81.2. The number of hydrogen-bond acceptors (Lipinski definition) is 18. The molecule has 19 rings (SSSR count). The van der Waals surface area contributed by atoms with E-state index in [4.69, 9.17) is 68.2 Å². The average molecular weight is 1990 g/mol. The maximum atomic E-state index is 13.9. The minimum Gasteiger partial charge on any atom is -0.490 e. The van der Waals surface area contributed by atoms with Crippen molar-refractivity contribution in [2.75, 3.05) is 95.1 Å². The first kappa shape index (κ1) is 101. The van der Waals surface area contributed by atoms with Crippen LogP contribution in [0.5, 0.6) is 17.2 Å². The Labute approximate surface area is 832 Å². The summed E-state index contributed by atoms with van der Waals surface area (Å²) in [5.41, 5.74) is 9.52. The van der Waals surface area contributed by atoms with E-state index >= 15 is 0 Å². The van der Waals surface area contributed by atoms with Gasteiger partial charge in [-0.25, -0.2) is 12.6 Å². The molecule has 738 valence electrons. The standard InChI is InChI=1S/C39H46ClN3O4S.2C36H45ClN2O5S/c1-26-9-7-19-39(46-3,36-11-5-6-20-41-36)33-15-12-30(33)23-43-24-38(18-8-10-28-21-31(40)14-16-32(28)38)25-47-35-17-13-29(22-34(35)43)37(44)42-48(4,45)27(26)2;2*1-24-7-5-16-36(43-3,17-18-40)31-12-9-28(31)21-39-22-35(15-6-8-26-19-29(37)11-13-30(26)35)23-44-33-14-10-27(20-32(33)39)34(41)38-45(4,42)25(24)2/h5-7,11,13-14,16-17,19-22,26-27,30,33H,4,8-10,12,15,18,23-25H2,1-3H3,(H,42,44,45);2*5,10-11,13-14,16,18-20,24-25,28,31H,4,6-9,12,15,17,21-23H2,1-3H3,(H,38,41,42)/b19-7+;2*16-5+/t26-,27+,30-,33+,38-,39+,48?;24-,25+,28-,31+,35-,36+,45?;24-,25+,28-,31+,35-,36-,45?/m000/s1. The van der Waals surface area contributed by atoms with E-state index in [0.717, 1.165) is 190 Å². The molecule has 7 heterocycles. The van der Waals surface area contributed by atoms with Gasteiger partial charge in [0.1, 0.15) is 35.4 Å². The lowest BCUT2D eigenvalue weighted by molar-refractivity contribution is -0.121. The Morgan fingerprint density at radius 1 is 0.442 bits per heavy atom. The topological polar surface area (TPSA) is 251 Å². The van der Waals surface area contributed by atoms with Crippen LogP contribution in [0.15, 0.2) is 170 Å². The van der Waals surface area contributed by atoms with E-state index in [0.29, 0.717) is 74.8 Å². The number of ether oxygens (including phenoxy) is 6. The van der Waals surface area contributed by atoms with Crippen molar-refractivity contribution in [2.45, 2.75) is 219 Å². The molecule has 6 aliphatic heterocycles. The molecule has 138 heavy (non-hydrogen) atoms. The number of fused-ring (bicyclic) bond motifs is 12. The molecule has 6 bridgehead atoms. The summed E-state index contributed by atoms with van der Waals surface area (Å²) in [6, 6.07) is 41.4. The van der Waals surface area contributed by atoms with Gasteiger partial charge in [0.15, 0.2) is 0 Å². The molecule has 27 heteroatoms. The molecule has 3 spiro atoms. The number of carbonyl (C=O) groups is 5. The van der Waals surface area contributed by atoms with Gasteiger partial charge in [0.25, 0.3) is 17.7 Å². The van der Waals surface area contributed by atoms with Gasteiger partial charge in [0.05, 0.1) is 82.9 Å². The summed E-state index contributed by atoms with van der Waals surface area (Å²) in [7, 11) is -3.71. The number of allylic oxidation sites excluding steroid dienone is 3. The second-order valence-electron chi connectivity index (χ2n) is 41.9. The molecule has 3 unspecified atom stereocenters. The van der Waals surface area contributed by atoms with E-state index in [1.807, 2.05) is 108 Å². The smallest absolute Gasteiger partial charge is 0.262 e. The predicted octanol–water partition coefficient (Wildman–Crippen LogP) is 19.4. The Hall–Kier alpha value is -8.95. The van der Waals surface area contributed by atoms with Gasteiger partial charge in [-0.05, 0) is 338 Å². The lowest BCUT2D eigenvalue weighted by Gasteiger charge is -2.50. The summed E-state index contributed by atoms with van der Waals surface area (Å²) in [5, 5.41) is 1.13. The minimum atomic E-state index is -2.97. The van der Waals surface area contributed by atoms with Gasteiger partial charge in [-0.2, -0.15) is 0 Å². The summed E-state index contributed by atoms with van der Waals surface area (Å²) in [6.45, 7) is 17.7. The highest BCUT2D eigenvalue weighted by Crippen LogP contribution is 2.56. The Kier molecular flexibility index (Phi) is 29.7. The highest BCUT2D eigenvalue weighted by molar-refractivity contribution is 8.00. The normalized spacial score (nSPS) is 35.0. The Morgan fingerprint density at radius 2 is 0.783 bits per heavy atom. The fourth-order valence-corrected chi connectivity index (χ4v) is 29.8. The maximum Gasteiger partial charge on any atom is 0.262 e. The van der Waals surface area contributed by atoms with E-state index in [1.165, 1.54) is 33.4 Å². The molecule has 0 saturated heterocycles. The molecule has 3 N–H and O–H groups in total. The van der Waals surface area contributed by atoms with Gasteiger partial charge in [-0.1, -0.05) is 116 Å². The van der Waals surface area contributed by atoms with Crippen molar-refractivity contribution >= 4 is 129 Å². The van der Waals surface area contributed by atoms with Crippen LogP contribution in [0, 0.1) is 53.3 Å². The average Bonchev–Trinajstić information content (AvgIpc) is 1.75. The molecule has 0 radical (unpaired) electrons. The number of methoxy groups -OCH3 is 3. The van der Waals surface area contributed by atoms with Gasteiger partial charge in [0.2, 0.25) is 0 Å². The SMILES string of the molecule is C=S1(=O)NC(=O)c2ccc3c(c2)N(C[C@@H]2CC[C@H]2[C@@](CC=O)(OC)/C=C/C[C@H](C)[C@H]1C)C[C@@]1(CCCc2cc(Cl)ccc21)CO3.C=S1(=O)NC(=O)c2ccc3c(c2)N(C[C@@H]2CC[C@H]2[C@@](OC)(c2ccccn2)/C=C/C[C@H](C)[C@H]1C)C[C@@]1(CCCc2cc(Cl)ccc21)CO3.C=S1(=O)NC(=O)c2ccc3c(c2)N(C[C@@H]2CC[C@H]2[C@](CC=O)(OC)/C=C/C[C@H](C)[C@H]1C)C[C@@]1(CCCc2cc(Cl)ccc21)CO3. The van der Waals surface area contributed by atoms with Crippen molar-refractivity contribution in [2.24, 2.45) is 53.3 Å². The van der Waals surface area contributed by atoms with Crippen molar-refractivity contribution in [1.29, 1.82) is 0 Å². The maximum absolute atomic E-state index is 13.9. The van der Waals surface area contributed by atoms with Crippen LogP contribution in [-0.4, -0.2) is 173 Å². The number of aromatic nitrogens is 1. The fourth-order valence-electron chi connectivity index (χ4n) is 24.7. The van der Waals surface area contributed by atoms with Gasteiger partial charge in [-0.15, -0.1) is 0 Å². The van der Waals surface area contributed by atoms with Crippen LogP contribution >= 0.6 is 34.8 Å². The molecule has 21 atom stereocenters. The third kappa shape index (κ3) is 19.8. The zero-order chi connectivity index (χ0) is 97.7.